The molecule has 0 aromatic heterocycles. The predicted octanol–water partition coefficient (Wildman–Crippen LogP) is 3.42. The van der Waals surface area contributed by atoms with E-state index in [-0.39, 0.29) is 5.02 Å². The summed E-state index contributed by atoms with van der Waals surface area (Å²) in [4.78, 5) is 23.6. The summed E-state index contributed by atoms with van der Waals surface area (Å²) in [5, 5.41) is 11.6. The van der Waals surface area contributed by atoms with Crippen LogP contribution in [0.15, 0.2) is 42.5 Å². The van der Waals surface area contributed by atoms with Gasteiger partial charge in [0.2, 0.25) is 0 Å². The number of methoxy groups -OCH3 is 2. The summed E-state index contributed by atoms with van der Waals surface area (Å²) in [6.45, 7) is -0.466. The number of carbonyl (C=O) groups excluding carboxylic acids is 2. The Morgan fingerprint density at radius 2 is 1.89 bits per heavy atom. The molecule has 0 unspecified atom stereocenters. The number of nitrogens with one attached hydrogen (secondary N) is 1. The third-order valence-electron chi connectivity index (χ3n) is 3.54. The number of hydrogen-bond acceptors (Lipinski definition) is 6. The van der Waals surface area contributed by atoms with Gasteiger partial charge in [0.1, 0.15) is 6.07 Å². The zero-order valence-corrected chi connectivity index (χ0v) is 15.9. The fraction of sp³-hybridized carbons (Fsp3) is 0.150. The average molecular weight is 401 g/mol. The highest BCUT2D eigenvalue weighted by Gasteiger charge is 2.08. The molecule has 1 N–H and O–H groups in total. The Kier molecular flexibility index (Phi) is 7.43. The third kappa shape index (κ3) is 5.76. The van der Waals surface area contributed by atoms with Crippen molar-refractivity contribution < 1.29 is 23.8 Å². The summed E-state index contributed by atoms with van der Waals surface area (Å²) >= 11 is 5.90. The maximum Gasteiger partial charge on any atom is 0.331 e. The van der Waals surface area contributed by atoms with Crippen LogP contribution in [0, 0.1) is 11.3 Å². The molecule has 2 aromatic rings. The van der Waals surface area contributed by atoms with E-state index in [1.54, 1.807) is 18.2 Å². The summed E-state index contributed by atoms with van der Waals surface area (Å²) in [7, 11) is 3.04. The molecule has 0 aliphatic rings. The Morgan fingerprint density at radius 3 is 2.54 bits per heavy atom. The van der Waals surface area contributed by atoms with Gasteiger partial charge >= 0.3 is 5.97 Å². The monoisotopic (exact) mass is 400 g/mol. The van der Waals surface area contributed by atoms with Gasteiger partial charge in [-0.05, 0) is 42.0 Å². The second kappa shape index (κ2) is 10.00. The number of ether oxygens (including phenoxy) is 3. The Hall–Kier alpha value is -3.50. The molecule has 8 heteroatoms. The fourth-order valence-electron chi connectivity index (χ4n) is 2.19. The summed E-state index contributed by atoms with van der Waals surface area (Å²) in [5.41, 5.74) is 1.39. The summed E-state index contributed by atoms with van der Waals surface area (Å²) in [6.07, 6.45) is 2.73. The molecule has 0 bridgehead atoms. The van der Waals surface area contributed by atoms with E-state index in [0.717, 1.165) is 0 Å². The molecule has 7 nitrogen and oxygen atoms in total. The van der Waals surface area contributed by atoms with Gasteiger partial charge in [-0.3, -0.25) is 4.79 Å². The zero-order chi connectivity index (χ0) is 20.5. The van der Waals surface area contributed by atoms with Gasteiger partial charge in [-0.15, -0.1) is 0 Å². The highest BCUT2D eigenvalue weighted by atomic mass is 35.5. The van der Waals surface area contributed by atoms with Crippen molar-refractivity contribution in [3.8, 4) is 17.6 Å². The minimum atomic E-state index is -0.678. The SMILES string of the molecule is COc1ccc(/C=C/C(=O)OCC(=O)Nc2ccc(C#N)c(Cl)c2)cc1OC. The van der Waals surface area contributed by atoms with E-state index in [0.29, 0.717) is 28.3 Å². The van der Waals surface area contributed by atoms with E-state index in [9.17, 15) is 9.59 Å². The number of halogens is 1. The molecule has 0 aliphatic carbocycles. The number of hydrogen-bond donors (Lipinski definition) is 1. The molecule has 0 saturated heterocycles. The molecule has 0 atom stereocenters. The Labute approximate surface area is 167 Å². The van der Waals surface area contributed by atoms with Crippen molar-refractivity contribution in [2.75, 3.05) is 26.1 Å². The minimum absolute atomic E-state index is 0.218. The Morgan fingerprint density at radius 1 is 1.14 bits per heavy atom. The van der Waals surface area contributed by atoms with Gasteiger partial charge in [0.05, 0.1) is 24.8 Å². The highest BCUT2D eigenvalue weighted by molar-refractivity contribution is 6.32. The number of esters is 1. The molecular formula is C20H17ClN2O5. The van der Waals surface area contributed by atoms with E-state index in [1.807, 2.05) is 6.07 Å². The van der Waals surface area contributed by atoms with Gasteiger partial charge in [0.25, 0.3) is 5.91 Å². The summed E-state index contributed by atoms with van der Waals surface area (Å²) < 4.78 is 15.2. The molecule has 0 radical (unpaired) electrons. The first kappa shape index (κ1) is 20.8. The molecule has 2 aromatic carbocycles. The van der Waals surface area contributed by atoms with Crippen LogP contribution in [0.25, 0.3) is 6.08 Å². The number of carbonyl (C=O) groups is 2. The molecular weight excluding hydrogens is 384 g/mol. The molecule has 2 rings (SSSR count). The van der Waals surface area contributed by atoms with Gasteiger partial charge in [-0.1, -0.05) is 17.7 Å². The van der Waals surface area contributed by atoms with Crippen LogP contribution < -0.4 is 14.8 Å². The van der Waals surface area contributed by atoms with E-state index in [4.69, 9.17) is 31.1 Å². The molecule has 28 heavy (non-hydrogen) atoms. The Balaban J connectivity index is 1.88. The third-order valence-corrected chi connectivity index (χ3v) is 3.85. The number of nitriles is 1. The highest BCUT2D eigenvalue weighted by Crippen LogP contribution is 2.28. The lowest BCUT2D eigenvalue weighted by atomic mass is 10.2. The lowest BCUT2D eigenvalue weighted by molar-refractivity contribution is -0.142. The van der Waals surface area contributed by atoms with Crippen LogP contribution in [-0.2, 0) is 14.3 Å². The van der Waals surface area contributed by atoms with Crippen molar-refractivity contribution in [1.29, 1.82) is 5.26 Å². The van der Waals surface area contributed by atoms with E-state index in [1.165, 1.54) is 44.6 Å². The van der Waals surface area contributed by atoms with Crippen LogP contribution in [0.5, 0.6) is 11.5 Å². The van der Waals surface area contributed by atoms with Gasteiger partial charge in [-0.2, -0.15) is 5.26 Å². The van der Waals surface area contributed by atoms with Crippen LogP contribution in [-0.4, -0.2) is 32.7 Å². The topological polar surface area (TPSA) is 97.6 Å². The van der Waals surface area contributed by atoms with Gasteiger partial charge < -0.3 is 19.5 Å². The van der Waals surface area contributed by atoms with Crippen LogP contribution in [0.1, 0.15) is 11.1 Å². The normalized spacial score (nSPS) is 10.2. The predicted molar refractivity (Wildman–Crippen MR) is 104 cm³/mol. The van der Waals surface area contributed by atoms with Crippen molar-refractivity contribution in [2.24, 2.45) is 0 Å². The molecule has 0 saturated carbocycles. The van der Waals surface area contributed by atoms with E-state index in [2.05, 4.69) is 5.32 Å². The number of anilines is 1. The van der Waals surface area contributed by atoms with Gasteiger partial charge in [0, 0.05) is 11.8 Å². The molecule has 0 fully saturated rings. The maximum atomic E-state index is 11.9. The van der Waals surface area contributed by atoms with Crippen molar-refractivity contribution >= 4 is 35.2 Å². The van der Waals surface area contributed by atoms with E-state index >= 15 is 0 Å². The molecule has 0 spiro atoms. The fourth-order valence-corrected chi connectivity index (χ4v) is 2.41. The number of benzene rings is 2. The second-order valence-electron chi connectivity index (χ2n) is 5.41. The van der Waals surface area contributed by atoms with Crippen molar-refractivity contribution in [2.45, 2.75) is 0 Å². The van der Waals surface area contributed by atoms with Crippen LogP contribution in [0.3, 0.4) is 0 Å². The largest absolute Gasteiger partial charge is 0.493 e. The van der Waals surface area contributed by atoms with Crippen molar-refractivity contribution in [3.63, 3.8) is 0 Å². The van der Waals surface area contributed by atoms with Crippen LogP contribution in [0.4, 0.5) is 5.69 Å². The maximum absolute atomic E-state index is 11.9. The number of nitrogens with zero attached hydrogens (tertiary/aromatic N) is 1. The van der Waals surface area contributed by atoms with Crippen LogP contribution in [0.2, 0.25) is 5.02 Å². The lowest BCUT2D eigenvalue weighted by Crippen LogP contribution is -2.20. The molecule has 0 heterocycles. The molecule has 1 amide bonds. The zero-order valence-electron chi connectivity index (χ0n) is 15.2. The van der Waals surface area contributed by atoms with Crippen molar-refractivity contribution in [1.82, 2.24) is 0 Å². The van der Waals surface area contributed by atoms with Gasteiger partial charge in [0.15, 0.2) is 18.1 Å². The lowest BCUT2D eigenvalue weighted by Gasteiger charge is -2.07. The summed E-state index contributed by atoms with van der Waals surface area (Å²) in [5.74, 6) is -0.114. The summed E-state index contributed by atoms with van der Waals surface area (Å²) in [6, 6.07) is 11.5. The van der Waals surface area contributed by atoms with Gasteiger partial charge in [-0.25, -0.2) is 4.79 Å². The second-order valence-corrected chi connectivity index (χ2v) is 5.82. The van der Waals surface area contributed by atoms with E-state index < -0.39 is 18.5 Å². The van der Waals surface area contributed by atoms with Crippen LogP contribution >= 0.6 is 11.6 Å². The van der Waals surface area contributed by atoms with Crippen molar-refractivity contribution in [3.05, 3.63) is 58.6 Å². The quantitative estimate of drug-likeness (QED) is 0.565. The first-order valence-corrected chi connectivity index (χ1v) is 8.41. The molecule has 144 valence electrons. The first-order valence-electron chi connectivity index (χ1n) is 8.03. The first-order chi connectivity index (χ1) is 13.5. The standard InChI is InChI=1S/C20H17ClN2O5/c1-26-17-7-3-13(9-18(17)27-2)4-8-20(25)28-12-19(24)23-15-6-5-14(11-22)16(21)10-15/h3-10H,12H2,1-2H3,(H,23,24)/b8-4+. The molecule has 0 aliphatic heterocycles. The minimum Gasteiger partial charge on any atom is -0.493 e. The smallest absolute Gasteiger partial charge is 0.331 e. The average Bonchev–Trinajstić information content (AvgIpc) is 2.70. The Bertz CT molecular complexity index is 950. The number of amides is 1. The number of rotatable bonds is 7.